The lowest BCUT2D eigenvalue weighted by atomic mass is 9.88. The number of carboxylic acids is 1. The van der Waals surface area contributed by atoms with Gasteiger partial charge in [-0.25, -0.2) is 4.79 Å². The van der Waals surface area contributed by atoms with Crippen LogP contribution in [0.5, 0.6) is 0 Å². The van der Waals surface area contributed by atoms with E-state index in [4.69, 9.17) is 0 Å². The van der Waals surface area contributed by atoms with Crippen LogP contribution in [0.4, 0.5) is 0 Å². The minimum atomic E-state index is -1.29. The second-order valence-corrected chi connectivity index (χ2v) is 11.7. The van der Waals surface area contributed by atoms with E-state index >= 15 is 0 Å². The van der Waals surface area contributed by atoms with Crippen LogP contribution in [0.15, 0.2) is 59.0 Å². The van der Waals surface area contributed by atoms with E-state index < -0.39 is 11.8 Å². The van der Waals surface area contributed by atoms with Gasteiger partial charge < -0.3 is 10.0 Å². The van der Waals surface area contributed by atoms with Crippen LogP contribution in [0, 0.1) is 0 Å². The van der Waals surface area contributed by atoms with Crippen molar-refractivity contribution in [3.63, 3.8) is 0 Å². The lowest BCUT2D eigenvalue weighted by Crippen LogP contribution is -2.26. The largest absolute Gasteiger partial charge is 0.478 e. The number of carbonyl (C=O) groups excluding carboxylic acids is 2. The fraction of sp³-hybridized carbons (Fsp3) is 0.639. The van der Waals surface area contributed by atoms with Gasteiger partial charge in [0, 0.05) is 30.3 Å². The molecule has 0 fully saturated rings. The minimum Gasteiger partial charge on any atom is -0.478 e. The first-order valence-electron chi connectivity index (χ1n) is 16.6. The fourth-order valence-electron chi connectivity index (χ4n) is 5.56. The third-order valence-corrected chi connectivity index (χ3v) is 8.12. The molecule has 1 heterocycles. The Kier molecular flexibility index (Phi) is 17.7. The highest BCUT2D eigenvalue weighted by Gasteiger charge is 2.29. The summed E-state index contributed by atoms with van der Waals surface area (Å²) in [4.78, 5) is 40.0. The maximum atomic E-state index is 13.2. The van der Waals surface area contributed by atoms with Gasteiger partial charge >= 0.3 is 5.97 Å². The number of aliphatic carboxylic acids is 1. The van der Waals surface area contributed by atoms with Gasteiger partial charge in [-0.05, 0) is 37.1 Å². The van der Waals surface area contributed by atoms with Gasteiger partial charge in [-0.15, -0.1) is 0 Å². The Morgan fingerprint density at radius 1 is 0.683 bits per heavy atom. The number of allylic oxidation sites excluding steroid dienone is 7. The molecular weight excluding hydrogens is 510 g/mol. The third-order valence-electron chi connectivity index (χ3n) is 8.12. The van der Waals surface area contributed by atoms with Crippen molar-refractivity contribution in [2.24, 2.45) is 0 Å². The molecule has 0 saturated carbocycles. The van der Waals surface area contributed by atoms with Crippen LogP contribution in [0.3, 0.4) is 0 Å². The van der Waals surface area contributed by atoms with Gasteiger partial charge in [0.15, 0.2) is 5.78 Å². The number of hydrogen-bond acceptors (Lipinski definition) is 4. The molecule has 5 nitrogen and oxygen atoms in total. The molecular formula is C36H55NO4. The summed E-state index contributed by atoms with van der Waals surface area (Å²) in [5, 5.41) is 9.71. The molecule has 0 spiro atoms. The van der Waals surface area contributed by atoms with Crippen LogP contribution in [0.2, 0.25) is 0 Å². The highest BCUT2D eigenvalue weighted by Crippen LogP contribution is 2.28. The van der Waals surface area contributed by atoms with Crippen molar-refractivity contribution in [3.05, 3.63) is 59.0 Å². The van der Waals surface area contributed by atoms with E-state index in [-0.39, 0.29) is 11.4 Å². The maximum absolute atomic E-state index is 13.2. The molecule has 228 valence electrons. The van der Waals surface area contributed by atoms with Crippen molar-refractivity contribution < 1.29 is 19.5 Å². The standard InChI is InChI=1S/C36H55NO4/c1-3-5-7-9-10-11-12-13-14-15-16-17-19-22-26-37-27-23-21-24-33(37)31-28-30(29-32(35(31)39)36(40)41)34(38)25-20-18-8-6-4-2/h21,23-24,27-29H,3-20,22,25-26H2,1-2H3,(H,40,41)/b33-31+. The monoisotopic (exact) mass is 565 g/mol. The number of Topliss-reactive ketones (excluding diaryl/α,β-unsaturated/α-hetero) is 2. The van der Waals surface area contributed by atoms with E-state index in [2.05, 4.69) is 13.8 Å². The minimum absolute atomic E-state index is 0.0975. The van der Waals surface area contributed by atoms with Crippen molar-refractivity contribution in [1.82, 2.24) is 4.90 Å². The predicted molar refractivity (Wildman–Crippen MR) is 170 cm³/mol. The smallest absolute Gasteiger partial charge is 0.339 e. The lowest BCUT2D eigenvalue weighted by Gasteiger charge is -2.27. The number of ketones is 2. The van der Waals surface area contributed by atoms with Gasteiger partial charge in [0.05, 0.1) is 5.70 Å². The highest BCUT2D eigenvalue weighted by molar-refractivity contribution is 6.27. The van der Waals surface area contributed by atoms with Gasteiger partial charge in [-0.2, -0.15) is 0 Å². The van der Waals surface area contributed by atoms with Crippen LogP contribution < -0.4 is 0 Å². The van der Waals surface area contributed by atoms with Crippen molar-refractivity contribution in [1.29, 1.82) is 0 Å². The summed E-state index contributed by atoms with van der Waals surface area (Å²) < 4.78 is 0. The molecule has 0 saturated heterocycles. The van der Waals surface area contributed by atoms with Crippen molar-refractivity contribution in [2.75, 3.05) is 6.54 Å². The Hall–Kier alpha value is -2.69. The van der Waals surface area contributed by atoms with Crippen LogP contribution in [0.1, 0.15) is 142 Å². The van der Waals surface area contributed by atoms with Gasteiger partial charge in [0.2, 0.25) is 5.78 Å². The quantitative estimate of drug-likeness (QED) is 0.0758. The van der Waals surface area contributed by atoms with E-state index in [1.807, 2.05) is 29.3 Å². The number of nitrogens with zero attached hydrogens (tertiary/aromatic N) is 1. The molecule has 41 heavy (non-hydrogen) atoms. The fourth-order valence-corrected chi connectivity index (χ4v) is 5.56. The average molecular weight is 566 g/mol. The van der Waals surface area contributed by atoms with Gasteiger partial charge in [0.1, 0.15) is 5.57 Å². The first kappa shape index (κ1) is 34.5. The molecule has 5 heteroatoms. The van der Waals surface area contributed by atoms with Crippen molar-refractivity contribution >= 4 is 17.5 Å². The normalized spacial score (nSPS) is 16.7. The zero-order chi connectivity index (χ0) is 29.7. The summed E-state index contributed by atoms with van der Waals surface area (Å²) in [6, 6.07) is 0. The Balaban J connectivity index is 1.85. The number of carboxylic acid groups (broad SMARTS) is 1. The molecule has 0 amide bonds. The summed E-state index contributed by atoms with van der Waals surface area (Å²) in [6.45, 7) is 5.17. The number of hydrogen-bond donors (Lipinski definition) is 1. The van der Waals surface area contributed by atoms with Gasteiger partial charge in [-0.3, -0.25) is 9.59 Å². The molecule has 1 aliphatic carbocycles. The molecule has 0 unspecified atom stereocenters. The predicted octanol–water partition coefficient (Wildman–Crippen LogP) is 9.56. The Labute approximate surface area is 249 Å². The molecule has 2 rings (SSSR count). The van der Waals surface area contributed by atoms with Gasteiger partial charge in [-0.1, -0.05) is 129 Å². The molecule has 1 N–H and O–H groups in total. The molecule has 0 radical (unpaired) electrons. The summed E-state index contributed by atoms with van der Waals surface area (Å²) >= 11 is 0. The van der Waals surface area contributed by atoms with E-state index in [1.54, 1.807) is 6.08 Å². The van der Waals surface area contributed by atoms with Crippen molar-refractivity contribution in [3.8, 4) is 0 Å². The summed E-state index contributed by atoms with van der Waals surface area (Å²) in [7, 11) is 0. The van der Waals surface area contributed by atoms with E-state index in [0.717, 1.165) is 51.5 Å². The maximum Gasteiger partial charge on any atom is 0.339 e. The Morgan fingerprint density at radius 3 is 1.73 bits per heavy atom. The molecule has 0 bridgehead atoms. The molecule has 0 atom stereocenters. The Morgan fingerprint density at radius 2 is 1.20 bits per heavy atom. The second kappa shape index (κ2) is 21.1. The molecule has 0 aromatic rings. The second-order valence-electron chi connectivity index (χ2n) is 11.7. The van der Waals surface area contributed by atoms with Crippen LogP contribution in [-0.4, -0.2) is 34.1 Å². The van der Waals surface area contributed by atoms with Crippen molar-refractivity contribution in [2.45, 2.75) is 142 Å². The number of rotatable bonds is 23. The lowest BCUT2D eigenvalue weighted by molar-refractivity contribution is -0.134. The topological polar surface area (TPSA) is 74.7 Å². The highest BCUT2D eigenvalue weighted by atomic mass is 16.4. The van der Waals surface area contributed by atoms with Gasteiger partial charge in [0.25, 0.3) is 0 Å². The first-order valence-corrected chi connectivity index (χ1v) is 16.6. The van der Waals surface area contributed by atoms with E-state index in [0.29, 0.717) is 23.3 Å². The molecule has 0 aromatic carbocycles. The van der Waals surface area contributed by atoms with Crippen LogP contribution >= 0.6 is 0 Å². The van der Waals surface area contributed by atoms with Crippen LogP contribution in [0.25, 0.3) is 0 Å². The third kappa shape index (κ3) is 13.2. The summed E-state index contributed by atoms with van der Waals surface area (Å²) in [5.74, 6) is -1.92. The van der Waals surface area contributed by atoms with Crippen LogP contribution in [-0.2, 0) is 14.4 Å². The summed E-state index contributed by atoms with van der Waals surface area (Å²) in [6.07, 6.45) is 34.2. The average Bonchev–Trinajstić information content (AvgIpc) is 2.97. The van der Waals surface area contributed by atoms with E-state index in [1.165, 1.54) is 83.1 Å². The van der Waals surface area contributed by atoms with E-state index in [9.17, 15) is 19.5 Å². The molecule has 2 aliphatic rings. The number of carbonyl (C=O) groups is 3. The molecule has 1 aliphatic heterocycles. The zero-order valence-corrected chi connectivity index (χ0v) is 25.9. The molecule has 0 aromatic heterocycles. The summed E-state index contributed by atoms with van der Waals surface area (Å²) in [5.41, 5.74) is 0.959. The number of unbranched alkanes of at least 4 members (excludes halogenated alkanes) is 17. The first-order chi connectivity index (χ1) is 20.0. The zero-order valence-electron chi connectivity index (χ0n) is 25.9. The SMILES string of the molecule is CCCCCCCCCCCCCCCCN1C=CC=C/C1=C1/C=C(C(=O)CCCCCCC)C=C(C(=O)O)C1=O. The Bertz CT molecular complexity index is 982.